The summed E-state index contributed by atoms with van der Waals surface area (Å²) in [6.07, 6.45) is -0.619. The van der Waals surface area contributed by atoms with Crippen molar-refractivity contribution in [2.75, 3.05) is 18.5 Å². The average Bonchev–Trinajstić information content (AvgIpc) is 3.13. The Bertz CT molecular complexity index is 992. The molecule has 0 aliphatic heterocycles. The minimum Gasteiger partial charge on any atom is -0.491 e. The van der Waals surface area contributed by atoms with Crippen molar-refractivity contribution in [3.05, 3.63) is 65.9 Å². The zero-order chi connectivity index (χ0) is 22.4. The van der Waals surface area contributed by atoms with Gasteiger partial charge in [-0.2, -0.15) is 0 Å². The van der Waals surface area contributed by atoms with Crippen molar-refractivity contribution >= 4 is 11.6 Å². The average molecular weight is 424 g/mol. The molecule has 31 heavy (non-hydrogen) atoms. The summed E-state index contributed by atoms with van der Waals surface area (Å²) in [5.41, 5.74) is 2.28. The molecule has 3 aromatic rings. The lowest BCUT2D eigenvalue weighted by Crippen LogP contribution is -2.42. The van der Waals surface area contributed by atoms with Crippen LogP contribution in [0.2, 0.25) is 0 Å². The maximum atomic E-state index is 12.9. The molecule has 0 saturated heterocycles. The Morgan fingerprint density at radius 1 is 1.13 bits per heavy atom. The maximum Gasteiger partial charge on any atom is 0.261 e. The van der Waals surface area contributed by atoms with Gasteiger partial charge in [0.15, 0.2) is 0 Å². The van der Waals surface area contributed by atoms with Gasteiger partial charge < -0.3 is 25.0 Å². The first-order chi connectivity index (χ1) is 14.7. The second-order valence-electron chi connectivity index (χ2n) is 8.40. The number of nitrogens with one attached hydrogen (secondary N) is 2. The van der Waals surface area contributed by atoms with E-state index in [1.165, 1.54) is 0 Å². The van der Waals surface area contributed by atoms with Crippen LogP contribution in [0.5, 0.6) is 5.75 Å². The van der Waals surface area contributed by atoms with Gasteiger partial charge in [0.2, 0.25) is 0 Å². The van der Waals surface area contributed by atoms with E-state index in [9.17, 15) is 9.90 Å². The summed E-state index contributed by atoms with van der Waals surface area (Å²) in [5.74, 6) is 0.767. The van der Waals surface area contributed by atoms with Crippen LogP contribution in [0.25, 0.3) is 11.3 Å². The normalized spacial score (nSPS) is 12.4. The number of ether oxygens (including phenoxy) is 1. The number of carbonyl (C=O) groups is 1. The zero-order valence-corrected chi connectivity index (χ0v) is 18.3. The van der Waals surface area contributed by atoms with Crippen molar-refractivity contribution in [1.29, 1.82) is 0 Å². The van der Waals surface area contributed by atoms with Crippen LogP contribution in [0.4, 0.5) is 5.69 Å². The molecule has 0 spiro atoms. The summed E-state index contributed by atoms with van der Waals surface area (Å²) in [5, 5.41) is 20.2. The summed E-state index contributed by atoms with van der Waals surface area (Å²) in [4.78, 5) is 12.9. The van der Waals surface area contributed by atoms with E-state index >= 15 is 0 Å². The topological polar surface area (TPSA) is 96.6 Å². The number of hydrogen-bond acceptors (Lipinski definition) is 6. The summed E-state index contributed by atoms with van der Waals surface area (Å²) in [6.45, 7) is 8.45. The molecular weight excluding hydrogens is 394 g/mol. The Kier molecular flexibility index (Phi) is 7.09. The first-order valence-corrected chi connectivity index (χ1v) is 10.2. The molecule has 7 heteroatoms. The smallest absolute Gasteiger partial charge is 0.261 e. The van der Waals surface area contributed by atoms with E-state index < -0.39 is 6.10 Å². The lowest BCUT2D eigenvalue weighted by Gasteiger charge is -2.23. The van der Waals surface area contributed by atoms with E-state index in [-0.39, 0.29) is 18.1 Å². The standard InChI is InChI=1S/C24H29N3O4/c1-16-21(22(27-31-16)17-8-6-5-7-9-17)23(29)26-18-10-12-20(13-11-18)30-15-19(28)14-25-24(2,3)4/h5-13,19,25,28H,14-15H2,1-4H3,(H,26,29)/t19-/m0/s1. The molecule has 0 fully saturated rings. The highest BCUT2D eigenvalue weighted by Crippen LogP contribution is 2.26. The van der Waals surface area contributed by atoms with Crippen LogP contribution in [0.15, 0.2) is 59.1 Å². The van der Waals surface area contributed by atoms with E-state index in [2.05, 4.69) is 15.8 Å². The number of aliphatic hydroxyl groups excluding tert-OH is 1. The SMILES string of the molecule is Cc1onc(-c2ccccc2)c1C(=O)Nc1ccc(OC[C@@H](O)CNC(C)(C)C)cc1. The number of rotatable bonds is 8. The molecule has 0 aliphatic carbocycles. The molecule has 0 saturated carbocycles. The summed E-state index contributed by atoms with van der Waals surface area (Å²) >= 11 is 0. The predicted molar refractivity (Wildman–Crippen MR) is 120 cm³/mol. The van der Waals surface area contributed by atoms with Gasteiger partial charge in [0.05, 0.1) is 0 Å². The highest BCUT2D eigenvalue weighted by molar-refractivity contribution is 6.08. The predicted octanol–water partition coefficient (Wildman–Crippen LogP) is 4.03. The van der Waals surface area contributed by atoms with Gasteiger partial charge >= 0.3 is 0 Å². The van der Waals surface area contributed by atoms with Gasteiger partial charge in [0.1, 0.15) is 35.5 Å². The third-order valence-electron chi connectivity index (χ3n) is 4.56. The van der Waals surface area contributed by atoms with Crippen LogP contribution < -0.4 is 15.4 Å². The second kappa shape index (κ2) is 9.76. The maximum absolute atomic E-state index is 12.9. The monoisotopic (exact) mass is 423 g/mol. The lowest BCUT2D eigenvalue weighted by atomic mass is 10.1. The van der Waals surface area contributed by atoms with Crippen LogP contribution in [0, 0.1) is 6.92 Å². The number of carbonyl (C=O) groups excluding carboxylic acids is 1. The lowest BCUT2D eigenvalue weighted by molar-refractivity contribution is 0.100. The first-order valence-electron chi connectivity index (χ1n) is 10.2. The minimum absolute atomic E-state index is 0.0654. The van der Waals surface area contributed by atoms with E-state index in [1.54, 1.807) is 31.2 Å². The van der Waals surface area contributed by atoms with Crippen LogP contribution >= 0.6 is 0 Å². The molecule has 0 aliphatic rings. The number of aliphatic hydroxyl groups is 1. The van der Waals surface area contributed by atoms with E-state index in [0.717, 1.165) is 5.56 Å². The highest BCUT2D eigenvalue weighted by Gasteiger charge is 2.21. The Morgan fingerprint density at radius 3 is 2.45 bits per heavy atom. The van der Waals surface area contributed by atoms with E-state index in [4.69, 9.17) is 9.26 Å². The van der Waals surface area contributed by atoms with Crippen molar-refractivity contribution in [3.8, 4) is 17.0 Å². The summed E-state index contributed by atoms with van der Waals surface area (Å²) in [6, 6.07) is 16.4. The fourth-order valence-electron chi connectivity index (χ4n) is 2.94. The third-order valence-corrected chi connectivity index (χ3v) is 4.56. The molecule has 0 radical (unpaired) electrons. The molecular formula is C24H29N3O4. The molecule has 2 aromatic carbocycles. The fraction of sp³-hybridized carbons (Fsp3) is 0.333. The van der Waals surface area contributed by atoms with Crippen molar-refractivity contribution in [2.45, 2.75) is 39.3 Å². The van der Waals surface area contributed by atoms with Gasteiger partial charge in [-0.05, 0) is 52.0 Å². The van der Waals surface area contributed by atoms with Crippen molar-refractivity contribution < 1.29 is 19.2 Å². The molecule has 0 bridgehead atoms. The quantitative estimate of drug-likeness (QED) is 0.506. The number of amides is 1. The Morgan fingerprint density at radius 2 is 1.81 bits per heavy atom. The fourth-order valence-corrected chi connectivity index (χ4v) is 2.94. The van der Waals surface area contributed by atoms with Gasteiger partial charge in [-0.25, -0.2) is 0 Å². The molecule has 1 amide bonds. The summed E-state index contributed by atoms with van der Waals surface area (Å²) < 4.78 is 10.9. The van der Waals surface area contributed by atoms with Gasteiger partial charge in [-0.15, -0.1) is 0 Å². The number of benzene rings is 2. The second-order valence-corrected chi connectivity index (χ2v) is 8.40. The van der Waals surface area contributed by atoms with Crippen molar-refractivity contribution in [1.82, 2.24) is 10.5 Å². The van der Waals surface area contributed by atoms with Crippen LogP contribution in [-0.4, -0.2) is 41.0 Å². The molecule has 1 heterocycles. The van der Waals surface area contributed by atoms with Crippen molar-refractivity contribution in [3.63, 3.8) is 0 Å². The van der Waals surface area contributed by atoms with Gasteiger partial charge in [-0.1, -0.05) is 35.5 Å². The Balaban J connectivity index is 1.59. The molecule has 3 rings (SSSR count). The van der Waals surface area contributed by atoms with Gasteiger partial charge in [-0.3, -0.25) is 4.79 Å². The number of nitrogens with zero attached hydrogens (tertiary/aromatic N) is 1. The molecule has 1 atom stereocenters. The third kappa shape index (κ3) is 6.41. The molecule has 164 valence electrons. The van der Waals surface area contributed by atoms with Gasteiger partial charge in [0.25, 0.3) is 5.91 Å². The highest BCUT2D eigenvalue weighted by atomic mass is 16.5. The summed E-state index contributed by atoms with van der Waals surface area (Å²) in [7, 11) is 0. The zero-order valence-electron chi connectivity index (χ0n) is 18.3. The van der Waals surface area contributed by atoms with E-state index in [0.29, 0.717) is 35.0 Å². The number of anilines is 1. The molecule has 7 nitrogen and oxygen atoms in total. The van der Waals surface area contributed by atoms with Crippen molar-refractivity contribution in [2.24, 2.45) is 0 Å². The van der Waals surface area contributed by atoms with Crippen LogP contribution in [0.1, 0.15) is 36.9 Å². The number of aryl methyl sites for hydroxylation is 1. The Hall–Kier alpha value is -3.16. The van der Waals surface area contributed by atoms with Crippen LogP contribution in [0.3, 0.4) is 0 Å². The largest absolute Gasteiger partial charge is 0.491 e. The van der Waals surface area contributed by atoms with Crippen LogP contribution in [-0.2, 0) is 0 Å². The molecule has 1 aromatic heterocycles. The first kappa shape index (κ1) is 22.5. The Labute approximate surface area is 182 Å². The minimum atomic E-state index is -0.619. The number of hydrogen-bond donors (Lipinski definition) is 3. The van der Waals surface area contributed by atoms with E-state index in [1.807, 2.05) is 51.1 Å². The number of aromatic nitrogens is 1. The molecule has 3 N–H and O–H groups in total. The number of β-amino-alcohol motifs (C(OH)–C–C–N with tert-alkyl or cyclic N) is 1. The molecule has 0 unspecified atom stereocenters. The van der Waals surface area contributed by atoms with Gasteiger partial charge in [0, 0.05) is 23.3 Å².